The Morgan fingerprint density at radius 2 is 1.87 bits per heavy atom. The summed E-state index contributed by atoms with van der Waals surface area (Å²) in [4.78, 5) is 22.2. The Morgan fingerprint density at radius 3 is 2.33 bits per heavy atom. The minimum atomic E-state index is -0.990. The van der Waals surface area contributed by atoms with Gasteiger partial charge in [0.15, 0.2) is 0 Å². The van der Waals surface area contributed by atoms with E-state index >= 15 is 0 Å². The lowest BCUT2D eigenvalue weighted by Crippen LogP contribution is -2.50. The Hall–Kier alpha value is -1.52. The quantitative estimate of drug-likeness (QED) is 0.597. The molecular weight excluding hydrogens is 196 g/mol. The first-order valence-electron chi connectivity index (χ1n) is 5.09. The van der Waals surface area contributed by atoms with Gasteiger partial charge >= 0.3 is 12.0 Å². The average Bonchev–Trinajstić information content (AvgIpc) is 2.75. The molecule has 0 aromatic heterocycles. The molecule has 0 spiro atoms. The summed E-state index contributed by atoms with van der Waals surface area (Å²) in [6, 6.07) is -0.252. The van der Waals surface area contributed by atoms with Crippen molar-refractivity contribution in [3.8, 4) is 0 Å². The summed E-state index contributed by atoms with van der Waals surface area (Å²) in [6.07, 6.45) is 6.72. The number of hydrogen-bond donors (Lipinski definition) is 3. The van der Waals surface area contributed by atoms with Crippen LogP contribution in [0.25, 0.3) is 0 Å². The fourth-order valence-electron chi connectivity index (χ4n) is 1.69. The standard InChI is InChI=1S/C10H14N2O3/c13-8(14)10(5-6-10)12-9(15)11-7-3-1-2-4-7/h1-2,7H,3-6H2,(H,13,14)(H2,11,12,15). The van der Waals surface area contributed by atoms with Gasteiger partial charge in [0.05, 0.1) is 0 Å². The Kier molecular flexibility index (Phi) is 2.38. The van der Waals surface area contributed by atoms with E-state index < -0.39 is 11.5 Å². The lowest BCUT2D eigenvalue weighted by Gasteiger charge is -2.16. The molecule has 2 amide bonds. The van der Waals surface area contributed by atoms with E-state index in [9.17, 15) is 9.59 Å². The van der Waals surface area contributed by atoms with Gasteiger partial charge in [0.1, 0.15) is 5.54 Å². The van der Waals surface area contributed by atoms with Gasteiger partial charge in [0.2, 0.25) is 0 Å². The number of amides is 2. The van der Waals surface area contributed by atoms with Crippen molar-refractivity contribution in [1.29, 1.82) is 0 Å². The first-order valence-corrected chi connectivity index (χ1v) is 5.09. The predicted molar refractivity (Wildman–Crippen MR) is 53.4 cm³/mol. The minimum absolute atomic E-state index is 0.120. The molecule has 2 aliphatic rings. The van der Waals surface area contributed by atoms with Crippen LogP contribution in [0.3, 0.4) is 0 Å². The van der Waals surface area contributed by atoms with E-state index in [1.54, 1.807) is 0 Å². The predicted octanol–water partition coefficient (Wildman–Crippen LogP) is 0.621. The maximum absolute atomic E-state index is 11.4. The number of carboxylic acids is 1. The molecule has 0 aromatic rings. The molecule has 0 bridgehead atoms. The second-order valence-electron chi connectivity index (χ2n) is 4.13. The van der Waals surface area contributed by atoms with Crippen LogP contribution in [0.5, 0.6) is 0 Å². The highest BCUT2D eigenvalue weighted by atomic mass is 16.4. The van der Waals surface area contributed by atoms with Gasteiger partial charge < -0.3 is 15.7 Å². The van der Waals surface area contributed by atoms with Gasteiger partial charge in [-0.3, -0.25) is 0 Å². The molecule has 0 unspecified atom stereocenters. The third kappa shape index (κ3) is 2.11. The molecule has 0 saturated heterocycles. The highest BCUT2D eigenvalue weighted by molar-refractivity contribution is 5.89. The van der Waals surface area contributed by atoms with Crippen LogP contribution in [0.4, 0.5) is 4.79 Å². The zero-order chi connectivity index (χ0) is 10.9. The molecule has 82 valence electrons. The van der Waals surface area contributed by atoms with Crippen molar-refractivity contribution in [3.05, 3.63) is 12.2 Å². The second kappa shape index (κ2) is 3.56. The summed E-state index contributed by atoms with van der Waals surface area (Å²) in [6.45, 7) is 0. The monoisotopic (exact) mass is 210 g/mol. The van der Waals surface area contributed by atoms with Crippen LogP contribution in [-0.2, 0) is 4.79 Å². The van der Waals surface area contributed by atoms with E-state index in [-0.39, 0.29) is 12.1 Å². The molecule has 0 aromatic carbocycles. The minimum Gasteiger partial charge on any atom is -0.480 e. The number of rotatable bonds is 3. The number of carbonyl (C=O) groups is 2. The Balaban J connectivity index is 1.80. The molecule has 0 radical (unpaired) electrons. The fourth-order valence-corrected chi connectivity index (χ4v) is 1.69. The third-order valence-electron chi connectivity index (χ3n) is 2.86. The average molecular weight is 210 g/mol. The number of carboxylic acid groups (broad SMARTS) is 1. The Morgan fingerprint density at radius 1 is 1.27 bits per heavy atom. The molecule has 0 aliphatic heterocycles. The zero-order valence-electron chi connectivity index (χ0n) is 8.32. The normalized spacial score (nSPS) is 22.4. The van der Waals surface area contributed by atoms with E-state index in [0.717, 1.165) is 12.8 Å². The first kappa shape index (κ1) is 10.0. The van der Waals surface area contributed by atoms with E-state index in [1.807, 2.05) is 12.2 Å². The van der Waals surface area contributed by atoms with Crippen molar-refractivity contribution in [2.24, 2.45) is 0 Å². The molecule has 2 aliphatic carbocycles. The van der Waals surface area contributed by atoms with Crippen molar-refractivity contribution in [3.63, 3.8) is 0 Å². The SMILES string of the molecule is O=C(NC1CC=CC1)NC1(C(=O)O)CC1. The van der Waals surface area contributed by atoms with Gasteiger partial charge in [0, 0.05) is 6.04 Å². The lowest BCUT2D eigenvalue weighted by atomic mass is 10.2. The number of hydrogen-bond acceptors (Lipinski definition) is 2. The van der Waals surface area contributed by atoms with Crippen LogP contribution >= 0.6 is 0 Å². The summed E-state index contributed by atoms with van der Waals surface area (Å²) >= 11 is 0. The number of urea groups is 1. The highest BCUT2D eigenvalue weighted by Gasteiger charge is 2.51. The van der Waals surface area contributed by atoms with Gasteiger partial charge in [-0.05, 0) is 25.7 Å². The first-order chi connectivity index (χ1) is 7.12. The summed E-state index contributed by atoms with van der Waals surface area (Å²) in [7, 11) is 0. The van der Waals surface area contributed by atoms with Crippen LogP contribution < -0.4 is 10.6 Å². The van der Waals surface area contributed by atoms with Gasteiger partial charge in [-0.25, -0.2) is 9.59 Å². The summed E-state index contributed by atoms with van der Waals surface area (Å²) in [5.41, 5.74) is -0.990. The maximum Gasteiger partial charge on any atom is 0.329 e. The summed E-state index contributed by atoms with van der Waals surface area (Å²) in [5.74, 6) is -0.942. The fraction of sp³-hybridized carbons (Fsp3) is 0.600. The highest BCUT2D eigenvalue weighted by Crippen LogP contribution is 2.35. The van der Waals surface area contributed by atoms with Crippen LogP contribution in [0.15, 0.2) is 12.2 Å². The molecule has 2 rings (SSSR count). The smallest absolute Gasteiger partial charge is 0.329 e. The van der Waals surface area contributed by atoms with Gasteiger partial charge in [-0.15, -0.1) is 0 Å². The van der Waals surface area contributed by atoms with E-state index in [2.05, 4.69) is 10.6 Å². The van der Waals surface area contributed by atoms with Crippen LogP contribution in [0.1, 0.15) is 25.7 Å². The van der Waals surface area contributed by atoms with Crippen LogP contribution in [-0.4, -0.2) is 28.7 Å². The largest absolute Gasteiger partial charge is 0.480 e. The van der Waals surface area contributed by atoms with Crippen molar-refractivity contribution < 1.29 is 14.7 Å². The summed E-state index contributed by atoms with van der Waals surface area (Å²) in [5, 5.41) is 14.1. The number of nitrogens with one attached hydrogen (secondary N) is 2. The van der Waals surface area contributed by atoms with Gasteiger partial charge in [-0.1, -0.05) is 12.2 Å². The van der Waals surface area contributed by atoms with Crippen molar-refractivity contribution in [1.82, 2.24) is 10.6 Å². The second-order valence-corrected chi connectivity index (χ2v) is 4.13. The molecule has 1 saturated carbocycles. The lowest BCUT2D eigenvalue weighted by molar-refractivity contribution is -0.140. The molecule has 3 N–H and O–H groups in total. The van der Waals surface area contributed by atoms with Crippen molar-refractivity contribution >= 4 is 12.0 Å². The van der Waals surface area contributed by atoms with E-state index in [1.165, 1.54) is 0 Å². The molecular formula is C10H14N2O3. The van der Waals surface area contributed by atoms with Crippen LogP contribution in [0.2, 0.25) is 0 Å². The Bertz CT molecular complexity index is 313. The van der Waals surface area contributed by atoms with E-state index in [0.29, 0.717) is 12.8 Å². The van der Waals surface area contributed by atoms with Crippen molar-refractivity contribution in [2.45, 2.75) is 37.3 Å². The van der Waals surface area contributed by atoms with Gasteiger partial charge in [0.25, 0.3) is 0 Å². The topological polar surface area (TPSA) is 78.4 Å². The molecule has 1 fully saturated rings. The zero-order valence-corrected chi connectivity index (χ0v) is 8.32. The molecule has 5 heteroatoms. The van der Waals surface area contributed by atoms with Crippen molar-refractivity contribution in [2.75, 3.05) is 0 Å². The van der Waals surface area contributed by atoms with E-state index in [4.69, 9.17) is 5.11 Å². The molecule has 15 heavy (non-hydrogen) atoms. The number of aliphatic carboxylic acids is 1. The van der Waals surface area contributed by atoms with Gasteiger partial charge in [-0.2, -0.15) is 0 Å². The van der Waals surface area contributed by atoms with Crippen LogP contribution in [0, 0.1) is 0 Å². The molecule has 5 nitrogen and oxygen atoms in total. The molecule has 0 atom stereocenters. The molecule has 0 heterocycles. The number of carbonyl (C=O) groups excluding carboxylic acids is 1. The third-order valence-corrected chi connectivity index (χ3v) is 2.86. The Labute approximate surface area is 87.5 Å². The maximum atomic E-state index is 11.4. The summed E-state index contributed by atoms with van der Waals surface area (Å²) < 4.78 is 0.